The molecule has 1 N–H and O–H groups in total. The third-order valence-electron chi connectivity index (χ3n) is 4.05. The van der Waals surface area contributed by atoms with Crippen molar-refractivity contribution in [3.63, 3.8) is 0 Å². The van der Waals surface area contributed by atoms with Gasteiger partial charge in [0.25, 0.3) is 0 Å². The minimum Gasteiger partial charge on any atom is -0.480 e. The van der Waals surface area contributed by atoms with E-state index in [0.29, 0.717) is 13.1 Å². The van der Waals surface area contributed by atoms with E-state index in [4.69, 9.17) is 5.11 Å². The maximum absolute atomic E-state index is 12.4. The first-order valence-corrected chi connectivity index (χ1v) is 7.62. The Labute approximate surface area is 126 Å². The van der Waals surface area contributed by atoms with Gasteiger partial charge in [-0.1, -0.05) is 0 Å². The third-order valence-corrected chi connectivity index (χ3v) is 4.05. The van der Waals surface area contributed by atoms with Crippen molar-refractivity contribution in [3.8, 4) is 0 Å². The van der Waals surface area contributed by atoms with Gasteiger partial charge in [-0.25, -0.2) is 4.79 Å². The van der Waals surface area contributed by atoms with E-state index >= 15 is 0 Å². The lowest BCUT2D eigenvalue weighted by Crippen LogP contribution is -2.54. The van der Waals surface area contributed by atoms with Crippen molar-refractivity contribution in [3.05, 3.63) is 0 Å². The monoisotopic (exact) mass is 298 g/mol. The number of urea groups is 1. The second-order valence-corrected chi connectivity index (χ2v) is 6.17. The molecule has 7 nitrogen and oxygen atoms in total. The Bertz CT molecular complexity index is 376. The van der Waals surface area contributed by atoms with Gasteiger partial charge in [-0.3, -0.25) is 9.69 Å². The van der Waals surface area contributed by atoms with Crippen LogP contribution in [0.3, 0.4) is 0 Å². The fraction of sp³-hybridized carbons (Fsp3) is 0.857. The largest absolute Gasteiger partial charge is 0.480 e. The van der Waals surface area contributed by atoms with Crippen molar-refractivity contribution < 1.29 is 14.7 Å². The summed E-state index contributed by atoms with van der Waals surface area (Å²) in [5.74, 6) is -0.931. The Morgan fingerprint density at radius 2 is 1.76 bits per heavy atom. The predicted octanol–water partition coefficient (Wildman–Crippen LogP) is -0.165. The number of aliphatic carboxylic acids is 1. The van der Waals surface area contributed by atoms with Gasteiger partial charge < -0.3 is 19.8 Å². The summed E-state index contributed by atoms with van der Waals surface area (Å²) < 4.78 is 0. The number of hydrogen-bond acceptors (Lipinski definition) is 4. The van der Waals surface area contributed by atoms with Crippen LogP contribution in [0, 0.1) is 0 Å². The lowest BCUT2D eigenvalue weighted by Gasteiger charge is -2.37. The number of amides is 2. The van der Waals surface area contributed by atoms with E-state index in [1.54, 1.807) is 4.90 Å². The number of carbonyl (C=O) groups excluding carboxylic acids is 1. The highest BCUT2D eigenvalue weighted by Gasteiger charge is 2.36. The SMILES string of the molecule is CN(C)CCN1CCN(C(=O)N(CC(=O)O)C2CC2)CC1. The van der Waals surface area contributed by atoms with Crippen LogP contribution in [-0.4, -0.2) is 103 Å². The Kier molecular flexibility index (Phi) is 5.41. The first kappa shape index (κ1) is 16.0. The molecule has 0 aromatic carbocycles. The van der Waals surface area contributed by atoms with Gasteiger partial charge in [0.2, 0.25) is 0 Å². The summed E-state index contributed by atoms with van der Waals surface area (Å²) in [5, 5.41) is 8.95. The van der Waals surface area contributed by atoms with E-state index in [1.807, 2.05) is 0 Å². The number of carboxylic acids is 1. The van der Waals surface area contributed by atoms with Crippen LogP contribution in [0.4, 0.5) is 4.79 Å². The maximum Gasteiger partial charge on any atom is 0.323 e. The zero-order valence-corrected chi connectivity index (χ0v) is 13.0. The molecule has 2 fully saturated rings. The van der Waals surface area contributed by atoms with Gasteiger partial charge in [0.15, 0.2) is 0 Å². The minimum atomic E-state index is -0.931. The second kappa shape index (κ2) is 7.09. The lowest BCUT2D eigenvalue weighted by molar-refractivity contribution is -0.137. The average molecular weight is 298 g/mol. The highest BCUT2D eigenvalue weighted by Crippen LogP contribution is 2.27. The Morgan fingerprint density at radius 3 is 2.24 bits per heavy atom. The molecule has 1 aliphatic heterocycles. The van der Waals surface area contributed by atoms with Crippen LogP contribution in [0.25, 0.3) is 0 Å². The molecule has 0 bridgehead atoms. The van der Waals surface area contributed by atoms with E-state index in [2.05, 4.69) is 23.9 Å². The number of hydrogen-bond donors (Lipinski definition) is 1. The summed E-state index contributed by atoms with van der Waals surface area (Å²) in [4.78, 5) is 31.2. The number of piperazine rings is 1. The van der Waals surface area contributed by atoms with Crippen LogP contribution in [0.5, 0.6) is 0 Å². The number of likely N-dealkylation sites (N-methyl/N-ethyl adjacent to an activating group) is 1. The summed E-state index contributed by atoms with van der Waals surface area (Å²) in [6, 6.07) is 0.0348. The summed E-state index contributed by atoms with van der Waals surface area (Å²) in [5.41, 5.74) is 0. The molecule has 21 heavy (non-hydrogen) atoms. The molecule has 1 heterocycles. The van der Waals surface area contributed by atoms with Gasteiger partial charge in [0, 0.05) is 45.3 Å². The highest BCUT2D eigenvalue weighted by atomic mass is 16.4. The van der Waals surface area contributed by atoms with E-state index in [1.165, 1.54) is 4.90 Å². The van der Waals surface area contributed by atoms with E-state index in [9.17, 15) is 9.59 Å². The van der Waals surface area contributed by atoms with Gasteiger partial charge in [-0.2, -0.15) is 0 Å². The fourth-order valence-corrected chi connectivity index (χ4v) is 2.57. The topological polar surface area (TPSA) is 67.3 Å². The lowest BCUT2D eigenvalue weighted by atomic mass is 10.3. The number of nitrogens with zero attached hydrogens (tertiary/aromatic N) is 4. The smallest absolute Gasteiger partial charge is 0.323 e. The molecular weight excluding hydrogens is 272 g/mol. The zero-order chi connectivity index (χ0) is 15.4. The minimum absolute atomic E-state index is 0.104. The molecule has 7 heteroatoms. The molecular formula is C14H26N4O3. The molecule has 2 amide bonds. The van der Waals surface area contributed by atoms with Gasteiger partial charge in [0.1, 0.15) is 6.54 Å². The number of rotatable bonds is 6. The normalized spacial score (nSPS) is 19.9. The van der Waals surface area contributed by atoms with Gasteiger partial charge in [0.05, 0.1) is 0 Å². The zero-order valence-electron chi connectivity index (χ0n) is 13.0. The molecule has 0 aromatic rings. The van der Waals surface area contributed by atoms with Crippen LogP contribution in [0.15, 0.2) is 0 Å². The third kappa shape index (κ3) is 4.86. The second-order valence-electron chi connectivity index (χ2n) is 6.17. The predicted molar refractivity (Wildman–Crippen MR) is 79.3 cm³/mol. The van der Waals surface area contributed by atoms with Crippen LogP contribution in [-0.2, 0) is 4.79 Å². The molecule has 1 saturated heterocycles. The van der Waals surface area contributed by atoms with Crippen molar-refractivity contribution in [1.82, 2.24) is 19.6 Å². The highest BCUT2D eigenvalue weighted by molar-refractivity contribution is 5.80. The maximum atomic E-state index is 12.4. The van der Waals surface area contributed by atoms with Crippen LogP contribution >= 0.6 is 0 Å². The van der Waals surface area contributed by atoms with Gasteiger partial charge >= 0.3 is 12.0 Å². The molecule has 2 aliphatic rings. The van der Waals surface area contributed by atoms with Crippen LogP contribution in [0.2, 0.25) is 0 Å². The first-order chi connectivity index (χ1) is 9.97. The molecule has 0 radical (unpaired) electrons. The summed E-state index contributed by atoms with van der Waals surface area (Å²) >= 11 is 0. The van der Waals surface area contributed by atoms with Crippen LogP contribution < -0.4 is 0 Å². The Morgan fingerprint density at radius 1 is 1.14 bits per heavy atom. The molecule has 0 unspecified atom stereocenters. The van der Waals surface area contributed by atoms with Crippen molar-refractivity contribution >= 4 is 12.0 Å². The van der Waals surface area contributed by atoms with Crippen molar-refractivity contribution in [2.24, 2.45) is 0 Å². The molecule has 0 spiro atoms. The van der Waals surface area contributed by atoms with Gasteiger partial charge in [-0.15, -0.1) is 0 Å². The van der Waals surface area contributed by atoms with Crippen molar-refractivity contribution in [2.45, 2.75) is 18.9 Å². The molecule has 2 rings (SSSR count). The van der Waals surface area contributed by atoms with Crippen molar-refractivity contribution in [1.29, 1.82) is 0 Å². The Balaban J connectivity index is 1.80. The average Bonchev–Trinajstić information content (AvgIpc) is 3.26. The fourth-order valence-electron chi connectivity index (χ4n) is 2.57. The van der Waals surface area contributed by atoms with Gasteiger partial charge in [-0.05, 0) is 26.9 Å². The molecule has 0 aromatic heterocycles. The number of carboxylic acid groups (broad SMARTS) is 1. The molecule has 120 valence electrons. The summed E-state index contributed by atoms with van der Waals surface area (Å²) in [6.45, 7) is 4.96. The standard InChI is InChI=1S/C14H26N4O3/c1-15(2)5-6-16-7-9-17(10-8-16)14(21)18(11-13(19)20)12-3-4-12/h12H,3-11H2,1-2H3,(H,19,20). The summed E-state index contributed by atoms with van der Waals surface area (Å²) in [6.07, 6.45) is 1.86. The van der Waals surface area contributed by atoms with E-state index in [-0.39, 0.29) is 18.6 Å². The molecule has 0 atom stereocenters. The quantitative estimate of drug-likeness (QED) is 0.738. The van der Waals surface area contributed by atoms with E-state index < -0.39 is 5.97 Å². The van der Waals surface area contributed by atoms with Crippen LogP contribution in [0.1, 0.15) is 12.8 Å². The number of carbonyl (C=O) groups is 2. The molecule has 1 aliphatic carbocycles. The van der Waals surface area contributed by atoms with Crippen molar-refractivity contribution in [2.75, 3.05) is 59.9 Å². The summed E-state index contributed by atoms with van der Waals surface area (Å²) in [7, 11) is 4.11. The first-order valence-electron chi connectivity index (χ1n) is 7.62. The van der Waals surface area contributed by atoms with E-state index in [0.717, 1.165) is 39.0 Å². The molecule has 1 saturated carbocycles. The Hall–Kier alpha value is -1.34.